The monoisotopic (exact) mass is 340 g/mol. The van der Waals surface area contributed by atoms with Gasteiger partial charge in [-0.3, -0.25) is 19.5 Å². The smallest absolute Gasteiger partial charge is 0.231 e. The van der Waals surface area contributed by atoms with Gasteiger partial charge in [-0.1, -0.05) is 0 Å². The Kier molecular flexibility index (Phi) is 4.16. The molecule has 0 saturated carbocycles. The maximum atomic E-state index is 12.3. The van der Waals surface area contributed by atoms with Crippen LogP contribution in [0.1, 0.15) is 40.9 Å². The SMILES string of the molecule is Cc1ccc(C(=O)Cc2ccnc(C3(C)CC(=O)N(C)C(N)=N3)c2)o1. The van der Waals surface area contributed by atoms with Crippen LogP contribution in [0.25, 0.3) is 0 Å². The van der Waals surface area contributed by atoms with E-state index < -0.39 is 5.54 Å². The highest BCUT2D eigenvalue weighted by atomic mass is 16.3. The van der Waals surface area contributed by atoms with Crippen molar-refractivity contribution in [3.63, 3.8) is 0 Å². The molecule has 2 aromatic heterocycles. The molecule has 0 fully saturated rings. The van der Waals surface area contributed by atoms with Gasteiger partial charge in [-0.2, -0.15) is 0 Å². The Balaban J connectivity index is 1.87. The number of rotatable bonds is 4. The molecule has 1 aliphatic heterocycles. The van der Waals surface area contributed by atoms with Crippen LogP contribution in [0.2, 0.25) is 0 Å². The van der Waals surface area contributed by atoms with Crippen molar-refractivity contribution in [1.82, 2.24) is 9.88 Å². The average Bonchev–Trinajstić information content (AvgIpc) is 2.99. The quantitative estimate of drug-likeness (QED) is 0.855. The predicted octanol–water partition coefficient (Wildman–Crippen LogP) is 1.80. The minimum absolute atomic E-state index is 0.113. The van der Waals surface area contributed by atoms with Crippen molar-refractivity contribution in [2.75, 3.05) is 7.05 Å². The zero-order chi connectivity index (χ0) is 18.2. The minimum atomic E-state index is -0.839. The molecule has 0 saturated heterocycles. The summed E-state index contributed by atoms with van der Waals surface area (Å²) in [5, 5.41) is 0. The number of aryl methyl sites for hydroxylation is 1. The number of hydrogen-bond acceptors (Lipinski definition) is 6. The highest BCUT2D eigenvalue weighted by Crippen LogP contribution is 2.32. The number of carbonyl (C=O) groups is 2. The van der Waals surface area contributed by atoms with Gasteiger partial charge < -0.3 is 10.2 Å². The zero-order valence-corrected chi connectivity index (χ0v) is 14.4. The third-order valence-electron chi connectivity index (χ3n) is 4.33. The molecule has 0 aromatic carbocycles. The van der Waals surface area contributed by atoms with E-state index in [0.717, 1.165) is 5.56 Å². The number of carbonyl (C=O) groups excluding carboxylic acids is 2. The van der Waals surface area contributed by atoms with E-state index >= 15 is 0 Å². The number of nitrogens with two attached hydrogens (primary N) is 1. The Morgan fingerprint density at radius 2 is 2.16 bits per heavy atom. The molecular formula is C18H20N4O3. The molecule has 1 atom stereocenters. The van der Waals surface area contributed by atoms with Gasteiger partial charge in [-0.15, -0.1) is 0 Å². The molecule has 3 heterocycles. The number of amides is 1. The summed E-state index contributed by atoms with van der Waals surface area (Å²) in [5.74, 6) is 0.954. The van der Waals surface area contributed by atoms with Crippen LogP contribution in [-0.4, -0.2) is 34.6 Å². The van der Waals surface area contributed by atoms with E-state index in [1.807, 2.05) is 6.92 Å². The molecule has 7 nitrogen and oxygen atoms in total. The fourth-order valence-corrected chi connectivity index (χ4v) is 2.79. The highest BCUT2D eigenvalue weighted by molar-refractivity contribution is 5.98. The molecule has 7 heteroatoms. The number of pyridine rings is 1. The van der Waals surface area contributed by atoms with E-state index in [4.69, 9.17) is 10.2 Å². The van der Waals surface area contributed by atoms with Gasteiger partial charge in [0.1, 0.15) is 11.3 Å². The Bertz CT molecular complexity index is 871. The van der Waals surface area contributed by atoms with Crippen molar-refractivity contribution >= 4 is 17.6 Å². The summed E-state index contributed by atoms with van der Waals surface area (Å²) in [5.41, 5.74) is 6.39. The largest absolute Gasteiger partial charge is 0.458 e. The van der Waals surface area contributed by atoms with Crippen molar-refractivity contribution in [3.05, 3.63) is 53.2 Å². The average molecular weight is 340 g/mol. The molecule has 0 radical (unpaired) electrons. The van der Waals surface area contributed by atoms with Crippen LogP contribution in [0, 0.1) is 6.92 Å². The summed E-state index contributed by atoms with van der Waals surface area (Å²) in [6.45, 7) is 3.61. The first kappa shape index (κ1) is 16.9. The number of nitrogens with zero attached hydrogens (tertiary/aromatic N) is 3. The van der Waals surface area contributed by atoms with Gasteiger partial charge in [0.15, 0.2) is 11.7 Å². The fraction of sp³-hybridized carbons (Fsp3) is 0.333. The Morgan fingerprint density at radius 1 is 1.40 bits per heavy atom. The molecule has 130 valence electrons. The second-order valence-corrected chi connectivity index (χ2v) is 6.43. The van der Waals surface area contributed by atoms with Gasteiger partial charge in [-0.25, -0.2) is 4.99 Å². The normalized spacial score (nSPS) is 20.5. The van der Waals surface area contributed by atoms with Gasteiger partial charge in [-0.05, 0) is 43.7 Å². The summed E-state index contributed by atoms with van der Waals surface area (Å²) in [7, 11) is 1.59. The number of guanidine groups is 1. The van der Waals surface area contributed by atoms with Crippen molar-refractivity contribution in [3.8, 4) is 0 Å². The number of furan rings is 1. The van der Waals surface area contributed by atoms with Crippen molar-refractivity contribution in [2.45, 2.75) is 32.2 Å². The second kappa shape index (κ2) is 6.16. The molecule has 25 heavy (non-hydrogen) atoms. The first-order valence-corrected chi connectivity index (χ1v) is 7.95. The number of aromatic nitrogens is 1. The maximum Gasteiger partial charge on any atom is 0.231 e. The Morgan fingerprint density at radius 3 is 2.80 bits per heavy atom. The molecule has 0 spiro atoms. The number of ketones is 1. The van der Waals surface area contributed by atoms with Crippen molar-refractivity contribution < 1.29 is 14.0 Å². The van der Waals surface area contributed by atoms with Gasteiger partial charge in [0.05, 0.1) is 12.1 Å². The maximum absolute atomic E-state index is 12.3. The van der Waals surface area contributed by atoms with Crippen LogP contribution >= 0.6 is 0 Å². The van der Waals surface area contributed by atoms with E-state index in [0.29, 0.717) is 17.2 Å². The molecule has 0 bridgehead atoms. The Hall–Kier alpha value is -2.96. The van der Waals surface area contributed by atoms with Gasteiger partial charge >= 0.3 is 0 Å². The zero-order valence-electron chi connectivity index (χ0n) is 14.4. The molecular weight excluding hydrogens is 320 g/mol. The third-order valence-corrected chi connectivity index (χ3v) is 4.33. The van der Waals surface area contributed by atoms with Crippen LogP contribution < -0.4 is 5.73 Å². The van der Waals surface area contributed by atoms with Crippen LogP contribution in [-0.2, 0) is 16.8 Å². The summed E-state index contributed by atoms with van der Waals surface area (Å²) in [6, 6.07) is 6.99. The van der Waals surface area contributed by atoms with E-state index in [9.17, 15) is 9.59 Å². The standard InChI is InChI=1S/C18H20N4O3/c1-11-4-5-14(25-11)13(23)8-12-6-7-20-15(9-12)18(2)10-16(24)22(3)17(19)21-18/h4-7,9H,8,10H2,1-3H3,(H2,19,21). The van der Waals surface area contributed by atoms with Crippen LogP contribution in [0.15, 0.2) is 39.9 Å². The van der Waals surface area contributed by atoms with Gasteiger partial charge in [0, 0.05) is 19.7 Å². The fourth-order valence-electron chi connectivity index (χ4n) is 2.79. The summed E-state index contributed by atoms with van der Waals surface area (Å²) >= 11 is 0. The lowest BCUT2D eigenvalue weighted by atomic mass is 9.90. The number of aliphatic imine (C=N–C) groups is 1. The van der Waals surface area contributed by atoms with E-state index in [1.54, 1.807) is 44.4 Å². The van der Waals surface area contributed by atoms with E-state index in [-0.39, 0.29) is 30.5 Å². The van der Waals surface area contributed by atoms with Crippen LogP contribution in [0.3, 0.4) is 0 Å². The van der Waals surface area contributed by atoms with Crippen LogP contribution in [0.4, 0.5) is 0 Å². The van der Waals surface area contributed by atoms with Crippen molar-refractivity contribution in [2.24, 2.45) is 10.7 Å². The van der Waals surface area contributed by atoms with E-state index in [1.165, 1.54) is 4.90 Å². The summed E-state index contributed by atoms with van der Waals surface area (Å²) in [4.78, 5) is 34.5. The summed E-state index contributed by atoms with van der Waals surface area (Å²) < 4.78 is 5.37. The lowest BCUT2D eigenvalue weighted by Gasteiger charge is -2.32. The van der Waals surface area contributed by atoms with Gasteiger partial charge in [0.25, 0.3) is 0 Å². The third kappa shape index (κ3) is 3.31. The molecule has 1 amide bonds. The highest BCUT2D eigenvalue weighted by Gasteiger charge is 2.37. The number of hydrogen-bond donors (Lipinski definition) is 1. The number of Topliss-reactive ketones (excluding diaryl/α,β-unsaturated/α-hetero) is 1. The molecule has 2 N–H and O–H groups in total. The lowest BCUT2D eigenvalue weighted by molar-refractivity contribution is -0.128. The lowest BCUT2D eigenvalue weighted by Crippen LogP contribution is -2.47. The molecule has 0 aliphatic carbocycles. The minimum Gasteiger partial charge on any atom is -0.458 e. The topological polar surface area (TPSA) is 102 Å². The first-order chi connectivity index (χ1) is 11.8. The Labute approximate surface area is 145 Å². The first-order valence-electron chi connectivity index (χ1n) is 7.95. The molecule has 1 aliphatic rings. The molecule has 2 aromatic rings. The van der Waals surface area contributed by atoms with E-state index in [2.05, 4.69) is 9.98 Å². The predicted molar refractivity (Wildman–Crippen MR) is 92.1 cm³/mol. The summed E-state index contributed by atoms with van der Waals surface area (Å²) in [6.07, 6.45) is 1.97. The molecule has 1 unspecified atom stereocenters. The van der Waals surface area contributed by atoms with Crippen molar-refractivity contribution in [1.29, 1.82) is 0 Å². The second-order valence-electron chi connectivity index (χ2n) is 6.43. The van der Waals surface area contributed by atoms with Crippen LogP contribution in [0.5, 0.6) is 0 Å². The van der Waals surface area contributed by atoms with Gasteiger partial charge in [0.2, 0.25) is 11.7 Å². The molecule has 3 rings (SSSR count).